The monoisotopic (exact) mass is 345 g/mol. The highest BCUT2D eigenvalue weighted by atomic mass is 32.2. The zero-order valence-corrected chi connectivity index (χ0v) is 14.4. The SMILES string of the molecule is O=S(=O)(O)C1(c2ccccc2)C=CC=CC1C=CCN1CCCC1. The van der Waals surface area contributed by atoms with Crippen LogP contribution in [0.2, 0.25) is 0 Å². The van der Waals surface area contributed by atoms with Crippen molar-refractivity contribution in [3.05, 3.63) is 72.4 Å². The molecular formula is C19H23NO3S. The normalized spacial score (nSPS) is 28.0. The Morgan fingerprint density at radius 3 is 2.54 bits per heavy atom. The van der Waals surface area contributed by atoms with Crippen LogP contribution in [0.5, 0.6) is 0 Å². The van der Waals surface area contributed by atoms with Gasteiger partial charge in [0.15, 0.2) is 4.75 Å². The first-order valence-electron chi connectivity index (χ1n) is 8.31. The predicted octanol–water partition coefficient (Wildman–Crippen LogP) is 3.16. The maximum atomic E-state index is 12.4. The lowest BCUT2D eigenvalue weighted by Crippen LogP contribution is -2.40. The molecule has 2 aliphatic rings. The van der Waals surface area contributed by atoms with Crippen molar-refractivity contribution in [2.45, 2.75) is 17.6 Å². The summed E-state index contributed by atoms with van der Waals surface area (Å²) in [4.78, 5) is 2.34. The molecule has 0 saturated carbocycles. The largest absolute Gasteiger partial charge is 0.300 e. The van der Waals surface area contributed by atoms with Gasteiger partial charge in [-0.25, -0.2) is 0 Å². The van der Waals surface area contributed by atoms with E-state index in [9.17, 15) is 13.0 Å². The van der Waals surface area contributed by atoms with Crippen LogP contribution in [0.25, 0.3) is 0 Å². The molecule has 1 aliphatic carbocycles. The zero-order valence-electron chi connectivity index (χ0n) is 13.6. The van der Waals surface area contributed by atoms with E-state index in [-0.39, 0.29) is 0 Å². The van der Waals surface area contributed by atoms with E-state index in [4.69, 9.17) is 0 Å². The molecule has 0 bridgehead atoms. The van der Waals surface area contributed by atoms with E-state index in [0.717, 1.165) is 19.6 Å². The molecule has 0 radical (unpaired) electrons. The fourth-order valence-corrected chi connectivity index (χ4v) is 4.75. The highest BCUT2D eigenvalue weighted by Gasteiger charge is 2.48. The molecule has 5 heteroatoms. The fraction of sp³-hybridized carbons (Fsp3) is 0.368. The number of hydrogen-bond acceptors (Lipinski definition) is 3. The van der Waals surface area contributed by atoms with Crippen molar-refractivity contribution in [2.24, 2.45) is 5.92 Å². The quantitative estimate of drug-likeness (QED) is 0.658. The molecule has 4 nitrogen and oxygen atoms in total. The standard InChI is InChI=1S/C19H23NO3S/c21-24(22,23)19(17-9-2-1-3-10-17)13-5-4-11-18(19)12-8-16-20-14-6-7-15-20/h1-5,8-13,18H,6-7,14-16H2,(H,21,22,23). The third kappa shape index (κ3) is 3.24. The predicted molar refractivity (Wildman–Crippen MR) is 96.3 cm³/mol. The first-order chi connectivity index (χ1) is 11.5. The number of benzene rings is 1. The highest BCUT2D eigenvalue weighted by molar-refractivity contribution is 7.87. The topological polar surface area (TPSA) is 57.6 Å². The molecule has 1 aromatic carbocycles. The summed E-state index contributed by atoms with van der Waals surface area (Å²) in [5.41, 5.74) is 0.573. The Labute approximate surface area is 143 Å². The van der Waals surface area contributed by atoms with Gasteiger partial charge in [-0.1, -0.05) is 66.8 Å². The molecular weight excluding hydrogens is 322 g/mol. The van der Waals surface area contributed by atoms with Crippen molar-refractivity contribution in [3.8, 4) is 0 Å². The molecule has 128 valence electrons. The molecule has 2 unspecified atom stereocenters. The summed E-state index contributed by atoms with van der Waals surface area (Å²) in [7, 11) is -4.34. The van der Waals surface area contributed by atoms with Crippen LogP contribution in [0.3, 0.4) is 0 Å². The van der Waals surface area contributed by atoms with Crippen molar-refractivity contribution in [1.29, 1.82) is 0 Å². The van der Waals surface area contributed by atoms with Gasteiger partial charge in [-0.3, -0.25) is 9.45 Å². The second-order valence-corrected chi connectivity index (χ2v) is 7.97. The molecule has 1 N–H and O–H groups in total. The van der Waals surface area contributed by atoms with Gasteiger partial charge in [0.2, 0.25) is 0 Å². The number of allylic oxidation sites excluding steroid dienone is 4. The van der Waals surface area contributed by atoms with Gasteiger partial charge in [0.05, 0.1) is 0 Å². The summed E-state index contributed by atoms with van der Waals surface area (Å²) < 4.78 is 33.3. The van der Waals surface area contributed by atoms with Crippen LogP contribution >= 0.6 is 0 Å². The average Bonchev–Trinajstić information content (AvgIpc) is 3.08. The Balaban J connectivity index is 1.94. The second-order valence-electron chi connectivity index (χ2n) is 6.34. The molecule has 1 fully saturated rings. The molecule has 0 aromatic heterocycles. The van der Waals surface area contributed by atoms with Crippen LogP contribution in [0.1, 0.15) is 18.4 Å². The lowest BCUT2D eigenvalue weighted by molar-refractivity contribution is 0.376. The van der Waals surface area contributed by atoms with Crippen molar-refractivity contribution in [2.75, 3.05) is 19.6 Å². The minimum Gasteiger partial charge on any atom is -0.300 e. The van der Waals surface area contributed by atoms with Crippen molar-refractivity contribution in [1.82, 2.24) is 4.90 Å². The van der Waals surface area contributed by atoms with Gasteiger partial charge >= 0.3 is 0 Å². The van der Waals surface area contributed by atoms with Crippen LogP contribution in [0.4, 0.5) is 0 Å². The molecule has 0 spiro atoms. The lowest BCUT2D eigenvalue weighted by atomic mass is 9.81. The minimum atomic E-state index is -4.34. The van der Waals surface area contributed by atoms with Gasteiger partial charge in [0.1, 0.15) is 0 Å². The Kier molecular flexibility index (Phi) is 5.04. The summed E-state index contributed by atoms with van der Waals surface area (Å²) in [5, 5.41) is 0. The highest BCUT2D eigenvalue weighted by Crippen LogP contribution is 2.42. The van der Waals surface area contributed by atoms with Crippen molar-refractivity contribution >= 4 is 10.1 Å². The smallest absolute Gasteiger partial charge is 0.279 e. The summed E-state index contributed by atoms with van der Waals surface area (Å²) in [6.07, 6.45) is 13.3. The molecule has 1 saturated heterocycles. The van der Waals surface area contributed by atoms with Gasteiger partial charge in [-0.05, 0) is 31.5 Å². The first kappa shape index (κ1) is 17.1. The summed E-state index contributed by atoms with van der Waals surface area (Å²) in [6.45, 7) is 2.99. The van der Waals surface area contributed by atoms with Crippen LogP contribution in [0.15, 0.2) is 66.8 Å². The average molecular weight is 345 g/mol. The number of likely N-dealkylation sites (tertiary alicyclic amines) is 1. The minimum absolute atomic E-state index is 0.442. The summed E-state index contributed by atoms with van der Waals surface area (Å²) >= 11 is 0. The molecule has 24 heavy (non-hydrogen) atoms. The van der Waals surface area contributed by atoms with Gasteiger partial charge in [0, 0.05) is 12.5 Å². The van der Waals surface area contributed by atoms with E-state index in [0.29, 0.717) is 5.56 Å². The molecule has 3 rings (SSSR count). The molecule has 1 aromatic rings. The number of nitrogens with zero attached hydrogens (tertiary/aromatic N) is 1. The Bertz CT molecular complexity index is 746. The third-order valence-corrected chi connectivity index (χ3v) is 6.32. The van der Waals surface area contributed by atoms with E-state index < -0.39 is 20.8 Å². The van der Waals surface area contributed by atoms with Crippen molar-refractivity contribution in [3.63, 3.8) is 0 Å². The summed E-state index contributed by atoms with van der Waals surface area (Å²) in [5.74, 6) is -0.442. The summed E-state index contributed by atoms with van der Waals surface area (Å²) in [6, 6.07) is 8.91. The van der Waals surface area contributed by atoms with E-state index >= 15 is 0 Å². The maximum Gasteiger partial charge on any atom is 0.279 e. The van der Waals surface area contributed by atoms with E-state index in [1.54, 1.807) is 36.4 Å². The van der Waals surface area contributed by atoms with Crippen LogP contribution in [-0.4, -0.2) is 37.5 Å². The molecule has 2 atom stereocenters. The van der Waals surface area contributed by atoms with Gasteiger partial charge in [0.25, 0.3) is 10.1 Å². The van der Waals surface area contributed by atoms with Gasteiger partial charge < -0.3 is 0 Å². The van der Waals surface area contributed by atoms with Gasteiger partial charge in [-0.2, -0.15) is 8.42 Å². The zero-order chi connectivity index (χ0) is 17.0. The van der Waals surface area contributed by atoms with Crippen LogP contribution in [-0.2, 0) is 14.9 Å². The van der Waals surface area contributed by atoms with Crippen molar-refractivity contribution < 1.29 is 13.0 Å². The van der Waals surface area contributed by atoms with E-state index in [1.807, 2.05) is 30.4 Å². The first-order valence-corrected chi connectivity index (χ1v) is 9.76. The Hall–Kier alpha value is -1.69. The van der Waals surface area contributed by atoms with Crippen LogP contribution < -0.4 is 0 Å². The molecule has 1 aliphatic heterocycles. The maximum absolute atomic E-state index is 12.4. The Morgan fingerprint density at radius 1 is 1.17 bits per heavy atom. The van der Waals surface area contributed by atoms with Gasteiger partial charge in [-0.15, -0.1) is 0 Å². The third-order valence-electron chi connectivity index (χ3n) is 4.83. The molecule has 1 heterocycles. The van der Waals surface area contributed by atoms with E-state index in [1.165, 1.54) is 12.8 Å². The lowest BCUT2D eigenvalue weighted by Gasteiger charge is -2.34. The number of hydrogen-bond donors (Lipinski definition) is 1. The Morgan fingerprint density at radius 2 is 1.88 bits per heavy atom. The number of rotatable bonds is 5. The van der Waals surface area contributed by atoms with E-state index in [2.05, 4.69) is 4.90 Å². The molecule has 0 amide bonds. The van der Waals surface area contributed by atoms with Crippen LogP contribution in [0, 0.1) is 5.92 Å². The second kappa shape index (κ2) is 7.05. The fourth-order valence-electron chi connectivity index (χ4n) is 3.56.